The van der Waals surface area contributed by atoms with E-state index >= 15 is 0 Å². The van der Waals surface area contributed by atoms with Crippen LogP contribution in [0.15, 0.2) is 34.2 Å². The summed E-state index contributed by atoms with van der Waals surface area (Å²) in [6.45, 7) is 4.09. The molecule has 1 saturated heterocycles. The standard InChI is InChI=1S/C17H23N5O2S/c1-18-17(23)13-11-16(20-19-13)25-12-4-5-14(15(10-12)24-3)22-8-6-21(2)7-9-22/h4-5,10-11H,6-9H2,1-3H3,(H,18,23)(H,19,20). The zero-order valence-electron chi connectivity index (χ0n) is 14.7. The Bertz CT molecular complexity index is 740. The molecule has 0 saturated carbocycles. The summed E-state index contributed by atoms with van der Waals surface area (Å²) in [5.74, 6) is 0.680. The molecule has 1 aliphatic heterocycles. The number of likely N-dealkylation sites (N-methyl/N-ethyl adjacent to an activating group) is 1. The van der Waals surface area contributed by atoms with Crippen LogP contribution in [-0.4, -0.2) is 68.4 Å². The molecule has 8 heteroatoms. The third-order valence-electron chi connectivity index (χ3n) is 4.24. The van der Waals surface area contributed by atoms with Crippen LogP contribution in [0.4, 0.5) is 5.69 Å². The maximum atomic E-state index is 11.6. The maximum Gasteiger partial charge on any atom is 0.269 e. The van der Waals surface area contributed by atoms with E-state index in [9.17, 15) is 4.79 Å². The largest absolute Gasteiger partial charge is 0.495 e. The first-order valence-electron chi connectivity index (χ1n) is 8.17. The molecule has 1 fully saturated rings. The van der Waals surface area contributed by atoms with Gasteiger partial charge >= 0.3 is 0 Å². The van der Waals surface area contributed by atoms with E-state index in [1.807, 2.05) is 6.07 Å². The minimum Gasteiger partial charge on any atom is -0.495 e. The minimum absolute atomic E-state index is 0.178. The van der Waals surface area contributed by atoms with E-state index in [2.05, 4.69) is 44.5 Å². The normalized spacial score (nSPS) is 15.2. The van der Waals surface area contributed by atoms with Crippen molar-refractivity contribution < 1.29 is 9.53 Å². The van der Waals surface area contributed by atoms with Crippen molar-refractivity contribution in [3.05, 3.63) is 30.0 Å². The van der Waals surface area contributed by atoms with Crippen LogP contribution in [0.25, 0.3) is 0 Å². The number of methoxy groups -OCH3 is 1. The first kappa shape index (κ1) is 17.6. The predicted molar refractivity (Wildman–Crippen MR) is 98.8 cm³/mol. The van der Waals surface area contributed by atoms with Gasteiger partial charge in [-0.3, -0.25) is 9.89 Å². The lowest BCUT2D eigenvalue weighted by atomic mass is 10.2. The Morgan fingerprint density at radius 3 is 2.72 bits per heavy atom. The summed E-state index contributed by atoms with van der Waals surface area (Å²) in [4.78, 5) is 17.3. The molecule has 0 bridgehead atoms. The number of carbonyl (C=O) groups is 1. The second-order valence-corrected chi connectivity index (χ2v) is 7.02. The molecule has 134 valence electrons. The van der Waals surface area contributed by atoms with E-state index in [1.54, 1.807) is 20.2 Å². The quantitative estimate of drug-likeness (QED) is 0.844. The van der Waals surface area contributed by atoms with Crippen LogP contribution in [0.1, 0.15) is 10.5 Å². The molecule has 2 aromatic rings. The second-order valence-electron chi connectivity index (χ2n) is 5.93. The zero-order valence-corrected chi connectivity index (χ0v) is 15.5. The summed E-state index contributed by atoms with van der Waals surface area (Å²) < 4.78 is 5.60. The number of hydrogen-bond donors (Lipinski definition) is 2. The Labute approximate surface area is 151 Å². The number of aromatic nitrogens is 2. The number of amides is 1. The van der Waals surface area contributed by atoms with Gasteiger partial charge in [0.05, 0.1) is 12.8 Å². The average molecular weight is 361 g/mol. The molecular weight excluding hydrogens is 338 g/mol. The zero-order chi connectivity index (χ0) is 17.8. The fourth-order valence-corrected chi connectivity index (χ4v) is 3.57. The van der Waals surface area contributed by atoms with Gasteiger partial charge in [-0.05, 0) is 25.2 Å². The van der Waals surface area contributed by atoms with Gasteiger partial charge in [-0.15, -0.1) is 0 Å². The summed E-state index contributed by atoms with van der Waals surface area (Å²) in [6.07, 6.45) is 0. The van der Waals surface area contributed by atoms with Crippen molar-refractivity contribution in [1.82, 2.24) is 20.4 Å². The van der Waals surface area contributed by atoms with Crippen molar-refractivity contribution in [1.29, 1.82) is 0 Å². The van der Waals surface area contributed by atoms with Gasteiger partial charge in [-0.2, -0.15) is 5.10 Å². The van der Waals surface area contributed by atoms with Gasteiger partial charge in [0, 0.05) is 44.2 Å². The molecule has 1 aliphatic rings. The van der Waals surface area contributed by atoms with E-state index in [0.29, 0.717) is 5.69 Å². The molecule has 0 unspecified atom stereocenters. The van der Waals surface area contributed by atoms with Gasteiger partial charge in [0.15, 0.2) is 0 Å². The fourth-order valence-electron chi connectivity index (χ4n) is 2.76. The highest BCUT2D eigenvalue weighted by molar-refractivity contribution is 7.99. The summed E-state index contributed by atoms with van der Waals surface area (Å²) in [5, 5.41) is 10.2. The molecule has 1 aromatic heterocycles. The molecule has 3 rings (SSSR count). The number of benzene rings is 1. The van der Waals surface area contributed by atoms with Crippen LogP contribution in [0.5, 0.6) is 5.75 Å². The molecule has 0 aliphatic carbocycles. The van der Waals surface area contributed by atoms with Crippen molar-refractivity contribution in [3.8, 4) is 5.75 Å². The number of nitrogens with zero attached hydrogens (tertiary/aromatic N) is 3. The maximum absolute atomic E-state index is 11.6. The fraction of sp³-hybridized carbons (Fsp3) is 0.412. The van der Waals surface area contributed by atoms with Crippen LogP contribution < -0.4 is 15.0 Å². The Balaban J connectivity index is 1.75. The Morgan fingerprint density at radius 2 is 2.04 bits per heavy atom. The molecule has 1 aromatic carbocycles. The number of H-pyrrole nitrogens is 1. The molecule has 0 spiro atoms. The van der Waals surface area contributed by atoms with E-state index in [4.69, 9.17) is 4.74 Å². The van der Waals surface area contributed by atoms with Crippen molar-refractivity contribution in [2.75, 3.05) is 52.3 Å². The number of piperazine rings is 1. The Morgan fingerprint density at radius 1 is 1.28 bits per heavy atom. The van der Waals surface area contributed by atoms with Gasteiger partial charge in [-0.1, -0.05) is 11.8 Å². The van der Waals surface area contributed by atoms with Gasteiger partial charge in [0.2, 0.25) is 0 Å². The van der Waals surface area contributed by atoms with Gasteiger partial charge in [0.25, 0.3) is 5.91 Å². The lowest BCUT2D eigenvalue weighted by molar-refractivity contribution is 0.0958. The predicted octanol–water partition coefficient (Wildman–Crippen LogP) is 1.68. The number of ether oxygens (including phenoxy) is 1. The molecule has 2 heterocycles. The third kappa shape index (κ3) is 4.08. The van der Waals surface area contributed by atoms with E-state index < -0.39 is 0 Å². The van der Waals surface area contributed by atoms with Crippen LogP contribution in [0, 0.1) is 0 Å². The lowest BCUT2D eigenvalue weighted by Crippen LogP contribution is -2.44. The minimum atomic E-state index is -0.178. The molecule has 25 heavy (non-hydrogen) atoms. The number of hydrogen-bond acceptors (Lipinski definition) is 6. The second kappa shape index (κ2) is 7.79. The van der Waals surface area contributed by atoms with E-state index in [0.717, 1.165) is 47.5 Å². The van der Waals surface area contributed by atoms with Gasteiger partial charge in [0.1, 0.15) is 16.5 Å². The van der Waals surface area contributed by atoms with Crippen LogP contribution in [-0.2, 0) is 0 Å². The number of carbonyl (C=O) groups excluding carboxylic acids is 1. The van der Waals surface area contributed by atoms with Crippen LogP contribution in [0.3, 0.4) is 0 Å². The van der Waals surface area contributed by atoms with Gasteiger partial charge in [-0.25, -0.2) is 0 Å². The number of aromatic amines is 1. The van der Waals surface area contributed by atoms with Gasteiger partial charge < -0.3 is 19.9 Å². The highest BCUT2D eigenvalue weighted by atomic mass is 32.2. The number of anilines is 1. The number of rotatable bonds is 5. The van der Waals surface area contributed by atoms with Crippen LogP contribution >= 0.6 is 11.8 Å². The number of nitrogens with one attached hydrogen (secondary N) is 2. The van der Waals surface area contributed by atoms with E-state index in [-0.39, 0.29) is 5.91 Å². The van der Waals surface area contributed by atoms with Crippen LogP contribution in [0.2, 0.25) is 0 Å². The first-order valence-corrected chi connectivity index (χ1v) is 8.99. The van der Waals surface area contributed by atoms with Crippen molar-refractivity contribution >= 4 is 23.4 Å². The third-order valence-corrected chi connectivity index (χ3v) is 5.15. The Hall–Kier alpha value is -2.19. The smallest absolute Gasteiger partial charge is 0.269 e. The molecule has 1 amide bonds. The summed E-state index contributed by atoms with van der Waals surface area (Å²) >= 11 is 1.49. The van der Waals surface area contributed by atoms with Crippen molar-refractivity contribution in [3.63, 3.8) is 0 Å². The molecule has 0 radical (unpaired) electrons. The van der Waals surface area contributed by atoms with E-state index in [1.165, 1.54) is 11.8 Å². The molecule has 2 N–H and O–H groups in total. The molecule has 7 nitrogen and oxygen atoms in total. The van der Waals surface area contributed by atoms with Crippen molar-refractivity contribution in [2.45, 2.75) is 9.92 Å². The highest BCUT2D eigenvalue weighted by Gasteiger charge is 2.18. The summed E-state index contributed by atoms with van der Waals surface area (Å²) in [7, 11) is 5.44. The monoisotopic (exact) mass is 361 g/mol. The topological polar surface area (TPSA) is 73.5 Å². The molecular formula is C17H23N5O2S. The SMILES string of the molecule is CNC(=O)c1cc(Sc2ccc(N3CCN(C)CC3)c(OC)c2)n[nH]1. The Kier molecular flexibility index (Phi) is 5.50. The average Bonchev–Trinajstić information content (AvgIpc) is 3.10. The first-order chi connectivity index (χ1) is 12.1. The highest BCUT2D eigenvalue weighted by Crippen LogP contribution is 2.35. The van der Waals surface area contributed by atoms with Crippen molar-refractivity contribution in [2.24, 2.45) is 0 Å². The summed E-state index contributed by atoms with van der Waals surface area (Å²) in [6, 6.07) is 7.92. The summed E-state index contributed by atoms with van der Waals surface area (Å²) in [5.41, 5.74) is 1.57. The lowest BCUT2D eigenvalue weighted by Gasteiger charge is -2.34. The molecule has 0 atom stereocenters.